The van der Waals surface area contributed by atoms with Crippen LogP contribution in [-0.4, -0.2) is 37.6 Å². The molecule has 0 amide bonds. The Morgan fingerprint density at radius 1 is 1.12 bits per heavy atom. The van der Waals surface area contributed by atoms with Crippen LogP contribution in [-0.2, 0) is 0 Å². The quantitative estimate of drug-likeness (QED) is 0.437. The second-order valence-electron chi connectivity index (χ2n) is 4.80. The van der Waals surface area contributed by atoms with E-state index in [1.165, 1.54) is 0 Å². The molecule has 0 saturated carbocycles. The summed E-state index contributed by atoms with van der Waals surface area (Å²) >= 11 is 40.3. The van der Waals surface area contributed by atoms with Crippen LogP contribution in [0.2, 0.25) is 0 Å². The summed E-state index contributed by atoms with van der Waals surface area (Å²) in [6, 6.07) is 6.83. The number of alkyl halides is 8. The fraction of sp³-hybridized carbons (Fsp3) is 0.385. The first-order valence-electron chi connectivity index (χ1n) is 6.67. The second-order valence-corrected chi connectivity index (χ2v) is 9.74. The number of hydrogen-bond donors (Lipinski definition) is 2. The van der Waals surface area contributed by atoms with Crippen LogP contribution in [0.15, 0.2) is 34.3 Å². The predicted molar refractivity (Wildman–Crippen MR) is 107 cm³/mol. The van der Waals surface area contributed by atoms with Crippen LogP contribution in [0.4, 0.5) is 10.1 Å². The molecular formula is C13H10Cl7FN4. The molecule has 1 unspecified atom stereocenters. The van der Waals surface area contributed by atoms with Gasteiger partial charge in [-0.1, -0.05) is 81.7 Å². The molecule has 1 heterocycles. The lowest BCUT2D eigenvalue weighted by molar-refractivity contribution is 0.158. The highest BCUT2D eigenvalue weighted by atomic mass is 35.6. The molecule has 4 nitrogen and oxygen atoms in total. The van der Waals surface area contributed by atoms with Gasteiger partial charge in [0.2, 0.25) is 3.79 Å². The van der Waals surface area contributed by atoms with Gasteiger partial charge < -0.3 is 10.6 Å². The Balaban J connectivity index is 2.59. The van der Waals surface area contributed by atoms with Crippen molar-refractivity contribution < 1.29 is 4.39 Å². The molecule has 2 rings (SSSR count). The van der Waals surface area contributed by atoms with E-state index in [9.17, 15) is 0 Å². The van der Waals surface area contributed by atoms with Crippen molar-refractivity contribution >= 4 is 98.6 Å². The Morgan fingerprint density at radius 3 is 2.32 bits per heavy atom. The van der Waals surface area contributed by atoms with Crippen LogP contribution in [0.1, 0.15) is 5.56 Å². The smallest absolute Gasteiger partial charge is 0.325 e. The van der Waals surface area contributed by atoms with E-state index in [1.807, 2.05) is 0 Å². The van der Waals surface area contributed by atoms with Crippen molar-refractivity contribution in [2.45, 2.75) is 13.5 Å². The SMILES string of the molecule is FC1(C(Cl)(Cl)Cl)N=C(c2ccccc2NCCCl)N=C(C(Cl)(Cl)Cl)N1. The van der Waals surface area contributed by atoms with Crippen LogP contribution in [0, 0.1) is 0 Å². The Bertz CT molecular complexity index is 698. The third-order valence-corrected chi connectivity index (χ3v) is 4.46. The molecule has 25 heavy (non-hydrogen) atoms. The normalized spacial score (nSPS) is 21.3. The number of para-hydroxylation sites is 1. The molecule has 0 saturated heterocycles. The second kappa shape index (κ2) is 8.01. The number of aliphatic imine (C=N–C) groups is 2. The van der Waals surface area contributed by atoms with Gasteiger partial charge in [-0.3, -0.25) is 0 Å². The van der Waals surface area contributed by atoms with Gasteiger partial charge in [0.15, 0.2) is 11.7 Å². The molecule has 0 radical (unpaired) electrons. The summed E-state index contributed by atoms with van der Waals surface area (Å²) in [5.74, 6) is -3.03. The zero-order chi connectivity index (χ0) is 18.9. The molecule has 1 aliphatic heterocycles. The van der Waals surface area contributed by atoms with Crippen molar-refractivity contribution in [3.63, 3.8) is 0 Å². The zero-order valence-electron chi connectivity index (χ0n) is 12.1. The topological polar surface area (TPSA) is 48.8 Å². The summed E-state index contributed by atoms with van der Waals surface area (Å²) in [6.45, 7) is 0.455. The molecule has 1 aromatic rings. The third kappa shape index (κ3) is 5.10. The van der Waals surface area contributed by atoms with Gasteiger partial charge in [0, 0.05) is 23.7 Å². The summed E-state index contributed by atoms with van der Waals surface area (Å²) in [7, 11) is 0. The molecule has 1 aromatic carbocycles. The van der Waals surface area contributed by atoms with Gasteiger partial charge in [0.05, 0.1) is 0 Å². The maximum Gasteiger partial charge on any atom is 0.325 e. The van der Waals surface area contributed by atoms with Gasteiger partial charge in [-0.05, 0) is 12.1 Å². The molecule has 12 heteroatoms. The van der Waals surface area contributed by atoms with E-state index in [0.717, 1.165) is 0 Å². The van der Waals surface area contributed by atoms with Gasteiger partial charge in [0.1, 0.15) is 0 Å². The maximum atomic E-state index is 15.2. The van der Waals surface area contributed by atoms with Crippen LogP contribution in [0.25, 0.3) is 0 Å². The first-order chi connectivity index (χ1) is 11.5. The fourth-order valence-electron chi connectivity index (χ4n) is 1.89. The van der Waals surface area contributed by atoms with Crippen molar-refractivity contribution in [2.24, 2.45) is 9.98 Å². The van der Waals surface area contributed by atoms with Gasteiger partial charge in [-0.15, -0.1) is 11.6 Å². The van der Waals surface area contributed by atoms with Crippen molar-refractivity contribution in [1.29, 1.82) is 0 Å². The number of amidine groups is 2. The van der Waals surface area contributed by atoms with Crippen LogP contribution in [0.5, 0.6) is 0 Å². The molecular weight excluding hydrogens is 479 g/mol. The van der Waals surface area contributed by atoms with Gasteiger partial charge in [-0.25, -0.2) is 9.98 Å². The molecule has 0 spiro atoms. The Hall–Kier alpha value is 0.120. The third-order valence-electron chi connectivity index (χ3n) is 2.98. The maximum absolute atomic E-state index is 15.2. The van der Waals surface area contributed by atoms with E-state index in [-0.39, 0.29) is 11.7 Å². The highest BCUT2D eigenvalue weighted by Crippen LogP contribution is 2.43. The zero-order valence-corrected chi connectivity index (χ0v) is 17.4. The standard InChI is InChI=1S/C13H10Cl7FN4/c14-5-6-22-8-4-2-1-3-7(8)9-23-10(11(15,16)17)25-13(21,24-9)12(18,19)20/h1-4,22H,5-6H2,(H,23,24,25). The van der Waals surface area contributed by atoms with E-state index < -0.39 is 13.5 Å². The van der Waals surface area contributed by atoms with Gasteiger partial charge in [0.25, 0.3) is 3.79 Å². The minimum atomic E-state index is -2.90. The lowest BCUT2D eigenvalue weighted by Gasteiger charge is -2.35. The number of nitrogens with one attached hydrogen (secondary N) is 2. The van der Waals surface area contributed by atoms with E-state index in [2.05, 4.69) is 20.6 Å². The van der Waals surface area contributed by atoms with Crippen molar-refractivity contribution in [3.8, 4) is 0 Å². The average Bonchev–Trinajstić information content (AvgIpc) is 2.51. The summed E-state index contributed by atoms with van der Waals surface area (Å²) in [5.41, 5.74) is 1.00. The number of rotatable bonds is 4. The van der Waals surface area contributed by atoms with E-state index >= 15 is 4.39 Å². The largest absolute Gasteiger partial charge is 0.383 e. The minimum Gasteiger partial charge on any atom is -0.383 e. The summed E-state index contributed by atoms with van der Waals surface area (Å²) in [5, 5.41) is 5.19. The van der Waals surface area contributed by atoms with Gasteiger partial charge in [-0.2, -0.15) is 4.39 Å². The Labute approximate surface area is 178 Å². The highest BCUT2D eigenvalue weighted by Gasteiger charge is 2.54. The fourth-order valence-corrected chi connectivity index (χ4v) is 2.52. The predicted octanol–water partition coefficient (Wildman–Crippen LogP) is 5.45. The number of nitrogens with zero attached hydrogens (tertiary/aromatic N) is 2. The molecule has 0 bridgehead atoms. The van der Waals surface area contributed by atoms with Crippen molar-refractivity contribution in [2.75, 3.05) is 17.7 Å². The highest BCUT2D eigenvalue weighted by molar-refractivity contribution is 6.77. The van der Waals surface area contributed by atoms with Gasteiger partial charge >= 0.3 is 5.92 Å². The summed E-state index contributed by atoms with van der Waals surface area (Å²) < 4.78 is 10.6. The molecule has 1 aliphatic rings. The number of halogens is 8. The number of benzene rings is 1. The summed E-state index contributed by atoms with van der Waals surface area (Å²) in [4.78, 5) is 7.87. The van der Waals surface area contributed by atoms with Crippen LogP contribution >= 0.6 is 81.2 Å². The molecule has 0 aromatic heterocycles. The van der Waals surface area contributed by atoms with E-state index in [1.54, 1.807) is 24.3 Å². The minimum absolute atomic E-state index is 0.119. The average molecular weight is 489 g/mol. The Kier molecular flexibility index (Phi) is 6.86. The van der Waals surface area contributed by atoms with E-state index in [0.29, 0.717) is 23.7 Å². The number of anilines is 1. The first kappa shape index (κ1) is 21.4. The lowest BCUT2D eigenvalue weighted by Crippen LogP contribution is -2.58. The first-order valence-corrected chi connectivity index (χ1v) is 9.47. The van der Waals surface area contributed by atoms with Crippen molar-refractivity contribution in [1.82, 2.24) is 5.32 Å². The molecule has 2 N–H and O–H groups in total. The molecule has 0 aliphatic carbocycles. The molecule has 1 atom stereocenters. The lowest BCUT2D eigenvalue weighted by atomic mass is 10.1. The summed E-state index contributed by atoms with van der Waals surface area (Å²) in [6.07, 6.45) is 0. The Morgan fingerprint density at radius 2 is 1.76 bits per heavy atom. The van der Waals surface area contributed by atoms with Crippen LogP contribution < -0.4 is 10.6 Å². The van der Waals surface area contributed by atoms with E-state index in [4.69, 9.17) is 81.2 Å². The van der Waals surface area contributed by atoms with Crippen molar-refractivity contribution in [3.05, 3.63) is 29.8 Å². The van der Waals surface area contributed by atoms with Crippen LogP contribution in [0.3, 0.4) is 0 Å². The number of hydrogen-bond acceptors (Lipinski definition) is 4. The molecule has 0 fully saturated rings. The monoisotopic (exact) mass is 486 g/mol. The molecule has 138 valence electrons.